The highest BCUT2D eigenvalue weighted by molar-refractivity contribution is 5.29. The highest BCUT2D eigenvalue weighted by atomic mass is 15.2. The number of hydrogen-bond donors (Lipinski definition) is 1. The van der Waals surface area contributed by atoms with Crippen LogP contribution in [0.25, 0.3) is 0 Å². The zero-order valence-electron chi connectivity index (χ0n) is 11.6. The second-order valence-electron chi connectivity index (χ2n) is 4.74. The molecule has 1 rings (SSSR count). The van der Waals surface area contributed by atoms with E-state index in [1.54, 1.807) is 0 Å². The molecule has 0 amide bonds. The number of likely N-dealkylation sites (N-methyl/N-ethyl adjacent to an activating group) is 1. The standard InChI is InChI=1S/C15H26N2/c1-5-13(6-2)17(4)15(11-16)14-10-8-7-9-12(14)3/h7-10,13,15H,5-6,11,16H2,1-4H3. The maximum absolute atomic E-state index is 5.98. The van der Waals surface area contributed by atoms with Gasteiger partial charge in [-0.25, -0.2) is 0 Å². The summed E-state index contributed by atoms with van der Waals surface area (Å²) in [6.07, 6.45) is 2.35. The van der Waals surface area contributed by atoms with E-state index in [0.717, 1.165) is 0 Å². The van der Waals surface area contributed by atoms with Crippen LogP contribution in [0, 0.1) is 6.92 Å². The van der Waals surface area contributed by atoms with Crippen molar-refractivity contribution in [2.24, 2.45) is 5.73 Å². The molecule has 0 saturated heterocycles. The van der Waals surface area contributed by atoms with Crippen molar-refractivity contribution >= 4 is 0 Å². The van der Waals surface area contributed by atoms with Crippen molar-refractivity contribution in [3.05, 3.63) is 35.4 Å². The molecule has 0 aliphatic rings. The molecule has 2 heteroatoms. The summed E-state index contributed by atoms with van der Waals surface area (Å²) in [5, 5.41) is 0. The van der Waals surface area contributed by atoms with E-state index < -0.39 is 0 Å². The maximum Gasteiger partial charge on any atom is 0.0472 e. The monoisotopic (exact) mass is 234 g/mol. The second kappa shape index (κ2) is 6.77. The molecule has 0 radical (unpaired) electrons. The third-order valence-electron chi connectivity index (χ3n) is 3.78. The van der Waals surface area contributed by atoms with Crippen LogP contribution in [0.3, 0.4) is 0 Å². The fourth-order valence-electron chi connectivity index (χ4n) is 2.59. The van der Waals surface area contributed by atoms with Gasteiger partial charge in [0, 0.05) is 18.6 Å². The molecule has 0 aliphatic carbocycles. The molecule has 0 saturated carbocycles. The van der Waals surface area contributed by atoms with Gasteiger partial charge in [-0.15, -0.1) is 0 Å². The number of rotatable bonds is 6. The molecule has 0 fully saturated rings. The van der Waals surface area contributed by atoms with Crippen molar-refractivity contribution in [3.63, 3.8) is 0 Å². The zero-order valence-corrected chi connectivity index (χ0v) is 11.6. The lowest BCUT2D eigenvalue weighted by Crippen LogP contribution is -2.38. The van der Waals surface area contributed by atoms with E-state index in [-0.39, 0.29) is 0 Å². The molecule has 1 aromatic carbocycles. The van der Waals surface area contributed by atoms with E-state index in [0.29, 0.717) is 18.6 Å². The van der Waals surface area contributed by atoms with E-state index in [4.69, 9.17) is 5.73 Å². The predicted octanol–water partition coefficient (Wildman–Crippen LogP) is 3.12. The van der Waals surface area contributed by atoms with Gasteiger partial charge in [-0.1, -0.05) is 38.1 Å². The van der Waals surface area contributed by atoms with E-state index in [9.17, 15) is 0 Å². The smallest absolute Gasteiger partial charge is 0.0472 e. The van der Waals surface area contributed by atoms with Gasteiger partial charge in [0.15, 0.2) is 0 Å². The number of nitrogens with two attached hydrogens (primary N) is 1. The van der Waals surface area contributed by atoms with Gasteiger partial charge in [0.25, 0.3) is 0 Å². The van der Waals surface area contributed by atoms with Crippen molar-refractivity contribution in [3.8, 4) is 0 Å². The van der Waals surface area contributed by atoms with Crippen LogP contribution in [0.5, 0.6) is 0 Å². The fraction of sp³-hybridized carbons (Fsp3) is 0.600. The van der Waals surface area contributed by atoms with Gasteiger partial charge in [-0.2, -0.15) is 0 Å². The van der Waals surface area contributed by atoms with E-state index in [1.807, 2.05) is 0 Å². The molecule has 1 aromatic rings. The Balaban J connectivity index is 2.95. The number of aryl methyl sites for hydroxylation is 1. The largest absolute Gasteiger partial charge is 0.329 e. The summed E-state index contributed by atoms with van der Waals surface area (Å²) in [4.78, 5) is 2.43. The van der Waals surface area contributed by atoms with E-state index >= 15 is 0 Å². The third-order valence-corrected chi connectivity index (χ3v) is 3.78. The lowest BCUT2D eigenvalue weighted by molar-refractivity contribution is 0.167. The lowest BCUT2D eigenvalue weighted by Gasteiger charge is -2.34. The predicted molar refractivity (Wildman–Crippen MR) is 75.1 cm³/mol. The molecule has 0 aliphatic heterocycles. The van der Waals surface area contributed by atoms with Crippen molar-refractivity contribution < 1.29 is 0 Å². The number of benzene rings is 1. The van der Waals surface area contributed by atoms with E-state index in [2.05, 4.69) is 57.0 Å². The first-order chi connectivity index (χ1) is 8.15. The molecule has 0 heterocycles. The van der Waals surface area contributed by atoms with Gasteiger partial charge in [0.05, 0.1) is 0 Å². The molecule has 96 valence electrons. The summed E-state index contributed by atoms with van der Waals surface area (Å²) in [6, 6.07) is 9.50. The van der Waals surface area contributed by atoms with Crippen LogP contribution in [0.4, 0.5) is 0 Å². The molecule has 0 spiro atoms. The molecule has 0 bridgehead atoms. The van der Waals surface area contributed by atoms with Gasteiger partial charge in [-0.05, 0) is 37.9 Å². The summed E-state index contributed by atoms with van der Waals surface area (Å²) >= 11 is 0. The Morgan fingerprint density at radius 1 is 1.18 bits per heavy atom. The van der Waals surface area contributed by atoms with Gasteiger partial charge in [0.1, 0.15) is 0 Å². The molecular formula is C15H26N2. The van der Waals surface area contributed by atoms with Crippen LogP contribution in [-0.2, 0) is 0 Å². The van der Waals surface area contributed by atoms with Crippen molar-refractivity contribution in [2.75, 3.05) is 13.6 Å². The minimum atomic E-state index is 0.334. The SMILES string of the molecule is CCC(CC)N(C)C(CN)c1ccccc1C. The van der Waals surface area contributed by atoms with Crippen LogP contribution < -0.4 is 5.73 Å². The summed E-state index contributed by atoms with van der Waals surface area (Å²) < 4.78 is 0. The second-order valence-corrected chi connectivity index (χ2v) is 4.74. The average Bonchev–Trinajstić information content (AvgIpc) is 2.34. The Kier molecular flexibility index (Phi) is 5.66. The first-order valence-electron chi connectivity index (χ1n) is 6.63. The summed E-state index contributed by atoms with van der Waals surface area (Å²) in [5.41, 5.74) is 8.68. The molecule has 1 atom stereocenters. The Bertz CT molecular complexity index is 331. The van der Waals surface area contributed by atoms with Crippen LogP contribution in [0.15, 0.2) is 24.3 Å². The normalized spacial score (nSPS) is 13.4. The first-order valence-corrected chi connectivity index (χ1v) is 6.63. The zero-order chi connectivity index (χ0) is 12.8. The van der Waals surface area contributed by atoms with Gasteiger partial charge in [-0.3, -0.25) is 4.90 Å². The Morgan fingerprint density at radius 2 is 1.76 bits per heavy atom. The van der Waals surface area contributed by atoms with Gasteiger partial charge in [0.2, 0.25) is 0 Å². The Morgan fingerprint density at radius 3 is 2.24 bits per heavy atom. The molecule has 17 heavy (non-hydrogen) atoms. The van der Waals surface area contributed by atoms with E-state index in [1.165, 1.54) is 24.0 Å². The lowest BCUT2D eigenvalue weighted by atomic mass is 9.98. The average molecular weight is 234 g/mol. The number of hydrogen-bond acceptors (Lipinski definition) is 2. The maximum atomic E-state index is 5.98. The Hall–Kier alpha value is -0.860. The van der Waals surface area contributed by atoms with Crippen LogP contribution in [0.1, 0.15) is 43.9 Å². The summed E-state index contributed by atoms with van der Waals surface area (Å²) in [5.74, 6) is 0. The van der Waals surface area contributed by atoms with Crippen LogP contribution in [-0.4, -0.2) is 24.5 Å². The number of nitrogens with zero attached hydrogens (tertiary/aromatic N) is 1. The fourth-order valence-corrected chi connectivity index (χ4v) is 2.59. The van der Waals surface area contributed by atoms with Gasteiger partial charge < -0.3 is 5.73 Å². The Labute approximate surface area is 106 Å². The summed E-state index contributed by atoms with van der Waals surface area (Å²) in [7, 11) is 2.20. The third kappa shape index (κ3) is 3.30. The molecule has 2 nitrogen and oxygen atoms in total. The van der Waals surface area contributed by atoms with Gasteiger partial charge >= 0.3 is 0 Å². The molecule has 1 unspecified atom stereocenters. The van der Waals surface area contributed by atoms with Crippen LogP contribution >= 0.6 is 0 Å². The first kappa shape index (κ1) is 14.2. The highest BCUT2D eigenvalue weighted by Gasteiger charge is 2.21. The molecule has 0 aromatic heterocycles. The molecular weight excluding hydrogens is 208 g/mol. The quantitative estimate of drug-likeness (QED) is 0.819. The topological polar surface area (TPSA) is 29.3 Å². The highest BCUT2D eigenvalue weighted by Crippen LogP contribution is 2.25. The minimum Gasteiger partial charge on any atom is -0.329 e. The van der Waals surface area contributed by atoms with Crippen molar-refractivity contribution in [1.82, 2.24) is 4.90 Å². The summed E-state index contributed by atoms with van der Waals surface area (Å²) in [6.45, 7) is 7.34. The minimum absolute atomic E-state index is 0.334. The van der Waals surface area contributed by atoms with Crippen molar-refractivity contribution in [2.45, 2.75) is 45.7 Å². The molecule has 2 N–H and O–H groups in total. The van der Waals surface area contributed by atoms with Crippen molar-refractivity contribution in [1.29, 1.82) is 0 Å². The van der Waals surface area contributed by atoms with Crippen LogP contribution in [0.2, 0.25) is 0 Å².